The van der Waals surface area contributed by atoms with Gasteiger partial charge in [-0.3, -0.25) is 4.79 Å². The lowest BCUT2D eigenvalue weighted by Gasteiger charge is -2.28. The molecule has 0 spiro atoms. The van der Waals surface area contributed by atoms with Crippen LogP contribution in [0.4, 0.5) is 0 Å². The predicted molar refractivity (Wildman–Crippen MR) is 72.1 cm³/mol. The van der Waals surface area contributed by atoms with E-state index in [0.717, 1.165) is 24.2 Å². The Hall–Kier alpha value is -0.280. The highest BCUT2D eigenvalue weighted by molar-refractivity contribution is 5.85. The lowest BCUT2D eigenvalue weighted by Crippen LogP contribution is -2.40. The molecule has 2 bridgehead atoms. The molecule has 2 rings (SSSR count). The van der Waals surface area contributed by atoms with Crippen molar-refractivity contribution < 1.29 is 4.79 Å². The number of halogens is 1. The number of rotatable bonds is 5. The van der Waals surface area contributed by atoms with Crippen LogP contribution in [0.25, 0.3) is 0 Å². The summed E-state index contributed by atoms with van der Waals surface area (Å²) in [5.41, 5.74) is 5.40. The molecule has 0 radical (unpaired) electrons. The van der Waals surface area contributed by atoms with Crippen LogP contribution >= 0.6 is 12.4 Å². The SMILES string of the molecule is CC(NC(=O)CCCN)C1CC2CCC1C2.Cl. The Labute approximate surface area is 110 Å². The van der Waals surface area contributed by atoms with Crippen molar-refractivity contribution in [3.05, 3.63) is 0 Å². The van der Waals surface area contributed by atoms with Gasteiger partial charge in [0.15, 0.2) is 0 Å². The first kappa shape index (κ1) is 14.8. The van der Waals surface area contributed by atoms with Crippen LogP contribution in [0.3, 0.4) is 0 Å². The maximum Gasteiger partial charge on any atom is 0.220 e. The van der Waals surface area contributed by atoms with Gasteiger partial charge in [0.1, 0.15) is 0 Å². The summed E-state index contributed by atoms with van der Waals surface area (Å²) in [4.78, 5) is 11.6. The molecule has 0 aromatic rings. The molecule has 2 saturated carbocycles. The molecule has 2 fully saturated rings. The monoisotopic (exact) mass is 260 g/mol. The second-order valence-corrected chi connectivity index (χ2v) is 5.59. The molecule has 100 valence electrons. The summed E-state index contributed by atoms with van der Waals surface area (Å²) in [6.07, 6.45) is 6.95. The molecule has 3 nitrogen and oxygen atoms in total. The van der Waals surface area contributed by atoms with Crippen LogP contribution in [0.5, 0.6) is 0 Å². The molecule has 3 N–H and O–H groups in total. The molecule has 4 atom stereocenters. The maximum absolute atomic E-state index is 11.6. The van der Waals surface area contributed by atoms with Crippen molar-refractivity contribution in [2.24, 2.45) is 23.5 Å². The van der Waals surface area contributed by atoms with Crippen LogP contribution in [-0.4, -0.2) is 18.5 Å². The fourth-order valence-electron chi connectivity index (χ4n) is 3.60. The van der Waals surface area contributed by atoms with E-state index in [1.807, 2.05) is 0 Å². The Balaban J connectivity index is 0.00000144. The number of carbonyl (C=O) groups excluding carboxylic acids is 1. The van der Waals surface area contributed by atoms with Gasteiger partial charge in [-0.05, 0) is 56.9 Å². The lowest BCUT2D eigenvalue weighted by molar-refractivity contribution is -0.122. The Morgan fingerprint density at radius 2 is 2.18 bits per heavy atom. The zero-order chi connectivity index (χ0) is 11.5. The summed E-state index contributed by atoms with van der Waals surface area (Å²) in [5, 5.41) is 3.15. The summed E-state index contributed by atoms with van der Waals surface area (Å²) in [6.45, 7) is 2.78. The zero-order valence-electron chi connectivity index (χ0n) is 10.7. The molecule has 1 amide bonds. The molecule has 0 aromatic carbocycles. The van der Waals surface area contributed by atoms with Gasteiger partial charge < -0.3 is 11.1 Å². The highest BCUT2D eigenvalue weighted by Crippen LogP contribution is 2.49. The van der Waals surface area contributed by atoms with Gasteiger partial charge in [0.2, 0.25) is 5.91 Å². The van der Waals surface area contributed by atoms with Crippen molar-refractivity contribution >= 4 is 18.3 Å². The van der Waals surface area contributed by atoms with Crippen molar-refractivity contribution in [2.45, 2.75) is 51.5 Å². The van der Waals surface area contributed by atoms with E-state index in [4.69, 9.17) is 5.73 Å². The average Bonchev–Trinajstić information content (AvgIpc) is 2.87. The third-order valence-corrected chi connectivity index (χ3v) is 4.43. The van der Waals surface area contributed by atoms with Crippen molar-refractivity contribution in [1.29, 1.82) is 0 Å². The van der Waals surface area contributed by atoms with Gasteiger partial charge in [0, 0.05) is 12.5 Å². The molecule has 4 unspecified atom stereocenters. The Kier molecular flexibility index (Phi) is 5.74. The molecular formula is C13H25ClN2O. The Bertz CT molecular complexity index is 260. The van der Waals surface area contributed by atoms with Crippen LogP contribution in [0, 0.1) is 17.8 Å². The van der Waals surface area contributed by atoms with E-state index in [1.165, 1.54) is 25.7 Å². The molecule has 2 aliphatic rings. The number of nitrogens with one attached hydrogen (secondary N) is 1. The van der Waals surface area contributed by atoms with E-state index in [0.29, 0.717) is 19.0 Å². The molecule has 4 heteroatoms. The van der Waals surface area contributed by atoms with Crippen molar-refractivity contribution in [1.82, 2.24) is 5.32 Å². The summed E-state index contributed by atoms with van der Waals surface area (Å²) >= 11 is 0. The first-order chi connectivity index (χ1) is 7.70. The minimum absolute atomic E-state index is 0. The molecule has 0 aromatic heterocycles. The van der Waals surface area contributed by atoms with Gasteiger partial charge in [-0.2, -0.15) is 0 Å². The summed E-state index contributed by atoms with van der Waals surface area (Å²) < 4.78 is 0. The Morgan fingerprint density at radius 3 is 2.71 bits per heavy atom. The number of hydrogen-bond donors (Lipinski definition) is 2. The van der Waals surface area contributed by atoms with Gasteiger partial charge in [0.05, 0.1) is 0 Å². The predicted octanol–water partition coefficient (Wildman–Crippen LogP) is 2.09. The van der Waals surface area contributed by atoms with Crippen molar-refractivity contribution in [3.8, 4) is 0 Å². The van der Waals surface area contributed by atoms with Crippen LogP contribution < -0.4 is 11.1 Å². The normalized spacial score (nSPS) is 32.0. The van der Waals surface area contributed by atoms with Crippen LogP contribution in [-0.2, 0) is 4.79 Å². The summed E-state index contributed by atoms with van der Waals surface area (Å²) in [6, 6.07) is 0.362. The molecule has 0 saturated heterocycles. The second kappa shape index (κ2) is 6.60. The second-order valence-electron chi connectivity index (χ2n) is 5.59. The molecule has 0 aliphatic heterocycles. The van der Waals surface area contributed by atoms with E-state index < -0.39 is 0 Å². The smallest absolute Gasteiger partial charge is 0.220 e. The minimum atomic E-state index is 0. The van der Waals surface area contributed by atoms with Crippen molar-refractivity contribution in [2.75, 3.05) is 6.54 Å². The van der Waals surface area contributed by atoms with Gasteiger partial charge in [-0.1, -0.05) is 6.42 Å². The van der Waals surface area contributed by atoms with E-state index in [1.54, 1.807) is 0 Å². The fraction of sp³-hybridized carbons (Fsp3) is 0.923. The van der Waals surface area contributed by atoms with E-state index in [-0.39, 0.29) is 18.3 Å². The van der Waals surface area contributed by atoms with E-state index in [2.05, 4.69) is 12.2 Å². The topological polar surface area (TPSA) is 55.1 Å². The Morgan fingerprint density at radius 1 is 1.41 bits per heavy atom. The number of nitrogens with two attached hydrogens (primary N) is 1. The minimum Gasteiger partial charge on any atom is -0.353 e. The van der Waals surface area contributed by atoms with Gasteiger partial charge in [-0.25, -0.2) is 0 Å². The molecule has 2 aliphatic carbocycles. The summed E-state index contributed by atoms with van der Waals surface area (Å²) in [7, 11) is 0. The van der Waals surface area contributed by atoms with Crippen LogP contribution in [0.15, 0.2) is 0 Å². The third kappa shape index (κ3) is 3.59. The first-order valence-electron chi connectivity index (χ1n) is 6.70. The molecule has 0 heterocycles. The number of fused-ring (bicyclic) bond motifs is 2. The largest absolute Gasteiger partial charge is 0.353 e. The fourth-order valence-corrected chi connectivity index (χ4v) is 3.60. The maximum atomic E-state index is 11.6. The third-order valence-electron chi connectivity index (χ3n) is 4.43. The standard InChI is InChI=1S/C13H24N2O.ClH/c1-9(15-13(16)3-2-6-14)12-8-10-4-5-11(12)7-10;/h9-12H,2-8,14H2,1H3,(H,15,16);1H. The highest BCUT2D eigenvalue weighted by Gasteiger charge is 2.41. The molecular weight excluding hydrogens is 236 g/mol. The van der Waals surface area contributed by atoms with E-state index >= 15 is 0 Å². The van der Waals surface area contributed by atoms with E-state index in [9.17, 15) is 4.79 Å². The number of hydrogen-bond acceptors (Lipinski definition) is 2. The molecule has 17 heavy (non-hydrogen) atoms. The van der Waals surface area contributed by atoms with Gasteiger partial charge in [-0.15, -0.1) is 12.4 Å². The summed E-state index contributed by atoms with van der Waals surface area (Å²) in [5.74, 6) is 2.76. The number of carbonyl (C=O) groups is 1. The first-order valence-corrected chi connectivity index (χ1v) is 6.70. The average molecular weight is 261 g/mol. The van der Waals surface area contributed by atoms with Crippen LogP contribution in [0.1, 0.15) is 45.4 Å². The quantitative estimate of drug-likeness (QED) is 0.795. The lowest BCUT2D eigenvalue weighted by atomic mass is 9.84. The zero-order valence-corrected chi connectivity index (χ0v) is 11.5. The van der Waals surface area contributed by atoms with Gasteiger partial charge >= 0.3 is 0 Å². The highest BCUT2D eigenvalue weighted by atomic mass is 35.5. The van der Waals surface area contributed by atoms with Crippen molar-refractivity contribution in [3.63, 3.8) is 0 Å². The van der Waals surface area contributed by atoms with Gasteiger partial charge in [0.25, 0.3) is 0 Å². The number of amides is 1. The van der Waals surface area contributed by atoms with Crippen LogP contribution in [0.2, 0.25) is 0 Å².